The molecule has 0 aliphatic rings. The number of halogens is 1. The lowest BCUT2D eigenvalue weighted by Crippen LogP contribution is -2.25. The van der Waals surface area contributed by atoms with Gasteiger partial charge < -0.3 is 5.32 Å². The summed E-state index contributed by atoms with van der Waals surface area (Å²) in [5.41, 5.74) is 2.20. The zero-order valence-electron chi connectivity index (χ0n) is 13.0. The third-order valence-electron chi connectivity index (χ3n) is 3.66. The van der Waals surface area contributed by atoms with E-state index in [4.69, 9.17) is 0 Å². The molecule has 0 aliphatic carbocycles. The highest BCUT2D eigenvalue weighted by molar-refractivity contribution is 7.84. The van der Waals surface area contributed by atoms with Crippen LogP contribution in [0.15, 0.2) is 53.4 Å². The van der Waals surface area contributed by atoms with Crippen LogP contribution in [0.1, 0.15) is 24.5 Å². The number of hydrogen-bond donors (Lipinski definition) is 1. The van der Waals surface area contributed by atoms with Crippen molar-refractivity contribution >= 4 is 10.8 Å². The van der Waals surface area contributed by atoms with Crippen molar-refractivity contribution in [1.82, 2.24) is 5.32 Å². The zero-order valence-corrected chi connectivity index (χ0v) is 13.8. The van der Waals surface area contributed by atoms with Crippen molar-refractivity contribution in [2.75, 3.05) is 6.26 Å². The molecule has 0 amide bonds. The second-order valence-corrected chi connectivity index (χ2v) is 6.93. The number of aryl methyl sites for hydroxylation is 1. The van der Waals surface area contributed by atoms with Gasteiger partial charge in [-0.25, -0.2) is 4.39 Å². The van der Waals surface area contributed by atoms with Crippen molar-refractivity contribution in [3.05, 3.63) is 65.5 Å². The maximum absolute atomic E-state index is 13.1. The van der Waals surface area contributed by atoms with Crippen LogP contribution in [-0.2, 0) is 23.8 Å². The molecule has 2 aromatic rings. The molecule has 2 nitrogen and oxygen atoms in total. The molecule has 0 fully saturated rings. The van der Waals surface area contributed by atoms with Gasteiger partial charge in [0, 0.05) is 34.5 Å². The average Bonchev–Trinajstić information content (AvgIpc) is 2.51. The quantitative estimate of drug-likeness (QED) is 0.843. The Balaban J connectivity index is 1.77. The summed E-state index contributed by atoms with van der Waals surface area (Å²) in [5, 5.41) is 3.46. The normalized spacial score (nSPS) is 13.8. The van der Waals surface area contributed by atoms with Gasteiger partial charge in [0.25, 0.3) is 0 Å². The Hall–Kier alpha value is -1.52. The molecule has 0 radical (unpaired) electrons. The summed E-state index contributed by atoms with van der Waals surface area (Å²) in [6.45, 7) is 2.91. The summed E-state index contributed by atoms with van der Waals surface area (Å²) in [6.07, 6.45) is 3.50. The van der Waals surface area contributed by atoms with E-state index in [9.17, 15) is 8.60 Å². The van der Waals surface area contributed by atoms with Crippen LogP contribution >= 0.6 is 0 Å². The molecule has 22 heavy (non-hydrogen) atoms. The first-order valence-electron chi connectivity index (χ1n) is 7.45. The van der Waals surface area contributed by atoms with Gasteiger partial charge in [0.15, 0.2) is 0 Å². The molecule has 2 aromatic carbocycles. The lowest BCUT2D eigenvalue weighted by atomic mass is 10.1. The first-order chi connectivity index (χ1) is 10.5. The fourth-order valence-electron chi connectivity index (χ4n) is 2.27. The smallest absolute Gasteiger partial charge is 0.123 e. The van der Waals surface area contributed by atoms with Gasteiger partial charge in [0.2, 0.25) is 0 Å². The van der Waals surface area contributed by atoms with E-state index in [1.54, 1.807) is 18.4 Å². The van der Waals surface area contributed by atoms with Gasteiger partial charge in [-0.2, -0.15) is 0 Å². The summed E-state index contributed by atoms with van der Waals surface area (Å²) >= 11 is 0. The molecule has 4 heteroatoms. The van der Waals surface area contributed by atoms with Crippen LogP contribution in [0.2, 0.25) is 0 Å². The van der Waals surface area contributed by atoms with Gasteiger partial charge in [-0.1, -0.05) is 24.3 Å². The highest BCUT2D eigenvalue weighted by atomic mass is 32.2. The Morgan fingerprint density at radius 2 is 1.86 bits per heavy atom. The summed E-state index contributed by atoms with van der Waals surface area (Å²) in [6, 6.07) is 14.9. The van der Waals surface area contributed by atoms with Crippen molar-refractivity contribution in [2.24, 2.45) is 0 Å². The molecule has 0 aromatic heterocycles. The van der Waals surface area contributed by atoms with Crippen LogP contribution in [0.4, 0.5) is 4.39 Å². The van der Waals surface area contributed by atoms with Gasteiger partial charge >= 0.3 is 0 Å². The maximum Gasteiger partial charge on any atom is 0.123 e. The lowest BCUT2D eigenvalue weighted by Gasteiger charge is -2.14. The number of rotatable bonds is 7. The van der Waals surface area contributed by atoms with Gasteiger partial charge in [0.1, 0.15) is 5.82 Å². The molecule has 0 heterocycles. The highest BCUT2D eigenvalue weighted by Gasteiger charge is 2.04. The third kappa shape index (κ3) is 5.35. The van der Waals surface area contributed by atoms with Crippen LogP contribution < -0.4 is 5.32 Å². The lowest BCUT2D eigenvalue weighted by molar-refractivity contribution is 0.513. The monoisotopic (exact) mass is 319 g/mol. The minimum Gasteiger partial charge on any atom is -0.310 e. The van der Waals surface area contributed by atoms with Gasteiger partial charge in [-0.05, 0) is 55.2 Å². The molecule has 0 saturated heterocycles. The van der Waals surface area contributed by atoms with Gasteiger partial charge in [-0.15, -0.1) is 0 Å². The number of nitrogens with one attached hydrogen (secondary N) is 1. The summed E-state index contributed by atoms with van der Waals surface area (Å²) in [5.74, 6) is -0.175. The molecule has 0 bridgehead atoms. The molecule has 0 aliphatic heterocycles. The minimum atomic E-state index is -0.927. The SMILES string of the molecule is C[C@H](CCc1cccc(F)c1)NCc1ccc([S@](C)=O)cc1. The molecule has 118 valence electrons. The van der Waals surface area contributed by atoms with Crippen molar-refractivity contribution < 1.29 is 8.60 Å². The molecule has 0 spiro atoms. The van der Waals surface area contributed by atoms with Crippen molar-refractivity contribution in [3.63, 3.8) is 0 Å². The van der Waals surface area contributed by atoms with E-state index in [1.165, 1.54) is 11.6 Å². The topological polar surface area (TPSA) is 29.1 Å². The van der Waals surface area contributed by atoms with Crippen molar-refractivity contribution in [3.8, 4) is 0 Å². The molecule has 2 atom stereocenters. The molecule has 1 N–H and O–H groups in total. The Labute approximate surface area is 134 Å². The molecular weight excluding hydrogens is 297 g/mol. The Kier molecular flexibility index (Phi) is 6.28. The second-order valence-electron chi connectivity index (χ2n) is 5.55. The standard InChI is InChI=1S/C18H22FNOS/c1-14(6-7-15-4-3-5-17(19)12-15)20-13-16-8-10-18(11-9-16)22(2)21/h3-5,8-12,14,20H,6-7,13H2,1-2H3/t14-,22+/m1/s1. The summed E-state index contributed by atoms with van der Waals surface area (Å²) < 4.78 is 24.4. The maximum atomic E-state index is 13.1. The zero-order chi connectivity index (χ0) is 15.9. The van der Waals surface area contributed by atoms with Gasteiger partial charge in [-0.3, -0.25) is 4.21 Å². The van der Waals surface area contributed by atoms with E-state index >= 15 is 0 Å². The minimum absolute atomic E-state index is 0.175. The van der Waals surface area contributed by atoms with Crippen LogP contribution in [0, 0.1) is 5.82 Å². The molecule has 0 saturated carbocycles. The predicted octanol–water partition coefficient (Wildman–Crippen LogP) is 3.67. The fraction of sp³-hybridized carbons (Fsp3) is 0.333. The van der Waals surface area contributed by atoms with Crippen LogP contribution in [0.25, 0.3) is 0 Å². The summed E-state index contributed by atoms with van der Waals surface area (Å²) in [4.78, 5) is 0.850. The highest BCUT2D eigenvalue weighted by Crippen LogP contribution is 2.10. The van der Waals surface area contributed by atoms with E-state index in [0.717, 1.165) is 29.8 Å². The van der Waals surface area contributed by atoms with E-state index in [2.05, 4.69) is 12.2 Å². The Morgan fingerprint density at radius 3 is 2.50 bits per heavy atom. The van der Waals surface area contributed by atoms with E-state index in [-0.39, 0.29) is 5.82 Å². The largest absolute Gasteiger partial charge is 0.310 e. The van der Waals surface area contributed by atoms with E-state index in [0.29, 0.717) is 6.04 Å². The predicted molar refractivity (Wildman–Crippen MR) is 89.8 cm³/mol. The molecular formula is C18H22FNOS. The molecule has 0 unspecified atom stereocenters. The Bertz CT molecular complexity index is 627. The van der Waals surface area contributed by atoms with Gasteiger partial charge in [0.05, 0.1) is 0 Å². The van der Waals surface area contributed by atoms with E-state index < -0.39 is 10.8 Å². The van der Waals surface area contributed by atoms with Crippen LogP contribution in [0.3, 0.4) is 0 Å². The van der Waals surface area contributed by atoms with Crippen molar-refractivity contribution in [1.29, 1.82) is 0 Å². The van der Waals surface area contributed by atoms with Crippen LogP contribution in [0.5, 0.6) is 0 Å². The van der Waals surface area contributed by atoms with E-state index in [1.807, 2.05) is 30.3 Å². The number of benzene rings is 2. The number of hydrogen-bond acceptors (Lipinski definition) is 2. The molecule has 2 rings (SSSR count). The Morgan fingerprint density at radius 1 is 1.14 bits per heavy atom. The van der Waals surface area contributed by atoms with Crippen LogP contribution in [-0.4, -0.2) is 16.5 Å². The van der Waals surface area contributed by atoms with Crippen molar-refractivity contribution in [2.45, 2.75) is 37.2 Å². The fourth-order valence-corrected chi connectivity index (χ4v) is 2.79. The first-order valence-corrected chi connectivity index (χ1v) is 9.00. The third-order valence-corrected chi connectivity index (χ3v) is 4.60. The first kappa shape index (κ1) is 16.8. The summed E-state index contributed by atoms with van der Waals surface area (Å²) in [7, 11) is -0.927. The average molecular weight is 319 g/mol. The second kappa shape index (κ2) is 8.20.